The molecule has 0 aromatic heterocycles. The van der Waals surface area contributed by atoms with Gasteiger partial charge in [0.05, 0.1) is 28.3 Å². The second-order valence-corrected chi connectivity index (χ2v) is 12.6. The van der Waals surface area contributed by atoms with E-state index >= 15 is 0 Å². The maximum atomic E-state index is 13.5. The molecule has 0 spiro atoms. The van der Waals surface area contributed by atoms with Gasteiger partial charge in [0.2, 0.25) is 15.9 Å². The molecule has 0 saturated heterocycles. The Morgan fingerprint density at radius 1 is 0.919 bits per heavy atom. The number of hydrogen-bond acceptors (Lipinski definition) is 6. The van der Waals surface area contributed by atoms with Gasteiger partial charge in [-0.25, -0.2) is 21.6 Å². The van der Waals surface area contributed by atoms with Crippen LogP contribution in [0.3, 0.4) is 0 Å². The lowest BCUT2D eigenvalue weighted by Crippen LogP contribution is -2.38. The number of benzene rings is 3. The SMILES string of the molecule is COc1ccc(S(=O)(=O)NC(C)C)cc1NC(=O)CN(c1cccc(Cl)c1)S(=O)(=O)c1ccc(Cl)cc1. The quantitative estimate of drug-likeness (QED) is 0.360. The summed E-state index contributed by atoms with van der Waals surface area (Å²) in [7, 11) is -6.73. The Bertz CT molecular complexity index is 1500. The minimum atomic E-state index is -4.22. The number of nitrogens with one attached hydrogen (secondary N) is 2. The third-order valence-electron chi connectivity index (χ3n) is 4.93. The van der Waals surface area contributed by atoms with Crippen LogP contribution >= 0.6 is 23.2 Å². The molecular weight excluding hydrogens is 561 g/mol. The molecule has 0 aliphatic carbocycles. The number of hydrogen-bond donors (Lipinski definition) is 2. The number of carbonyl (C=O) groups is 1. The van der Waals surface area contributed by atoms with Gasteiger partial charge in [-0.3, -0.25) is 9.10 Å². The predicted octanol–water partition coefficient (Wildman–Crippen LogP) is 4.52. The first-order chi connectivity index (χ1) is 17.3. The molecule has 198 valence electrons. The van der Waals surface area contributed by atoms with Crippen LogP contribution in [0, 0.1) is 0 Å². The maximum absolute atomic E-state index is 13.5. The Kier molecular flexibility index (Phi) is 9.09. The van der Waals surface area contributed by atoms with Gasteiger partial charge in [0.1, 0.15) is 12.3 Å². The van der Waals surface area contributed by atoms with E-state index in [1.807, 2.05) is 0 Å². The summed E-state index contributed by atoms with van der Waals surface area (Å²) in [5, 5.41) is 3.18. The number of nitrogens with zero attached hydrogens (tertiary/aromatic N) is 1. The lowest BCUT2D eigenvalue weighted by atomic mass is 10.3. The standard InChI is InChI=1S/C24H25Cl2N3O6S2/c1-16(2)28-36(31,32)21-11-12-23(35-3)22(14-21)27-24(30)15-29(19-6-4-5-18(26)13-19)37(33,34)20-9-7-17(25)8-10-20/h4-14,16,28H,15H2,1-3H3,(H,27,30). The van der Waals surface area contributed by atoms with Crippen molar-refractivity contribution in [2.45, 2.75) is 29.7 Å². The average molecular weight is 587 g/mol. The van der Waals surface area contributed by atoms with Gasteiger partial charge in [-0.1, -0.05) is 29.3 Å². The normalized spacial score (nSPS) is 11.8. The number of ether oxygens (including phenoxy) is 1. The van der Waals surface area contributed by atoms with Gasteiger partial charge in [0, 0.05) is 16.1 Å². The van der Waals surface area contributed by atoms with Crippen LogP contribution in [0.1, 0.15) is 13.8 Å². The summed E-state index contributed by atoms with van der Waals surface area (Å²) in [6, 6.07) is 15.1. The molecular formula is C24H25Cl2N3O6S2. The number of rotatable bonds is 10. The topological polar surface area (TPSA) is 122 Å². The number of amides is 1. The van der Waals surface area contributed by atoms with E-state index in [0.717, 1.165) is 4.31 Å². The zero-order chi connectivity index (χ0) is 27.4. The molecule has 0 aliphatic heterocycles. The van der Waals surface area contributed by atoms with Gasteiger partial charge in [-0.05, 0) is 74.5 Å². The molecule has 13 heteroatoms. The fourth-order valence-corrected chi connectivity index (χ4v) is 6.33. The molecule has 0 fully saturated rings. The van der Waals surface area contributed by atoms with E-state index in [0.29, 0.717) is 5.02 Å². The molecule has 0 atom stereocenters. The first-order valence-electron chi connectivity index (χ1n) is 10.9. The molecule has 0 aliphatic rings. The highest BCUT2D eigenvalue weighted by atomic mass is 35.5. The lowest BCUT2D eigenvalue weighted by molar-refractivity contribution is -0.114. The van der Waals surface area contributed by atoms with Crippen molar-refractivity contribution in [1.29, 1.82) is 0 Å². The second-order valence-electron chi connectivity index (χ2n) is 8.13. The Morgan fingerprint density at radius 3 is 2.16 bits per heavy atom. The van der Waals surface area contributed by atoms with Crippen molar-refractivity contribution in [1.82, 2.24) is 4.72 Å². The highest BCUT2D eigenvalue weighted by Crippen LogP contribution is 2.30. The molecule has 3 aromatic rings. The summed E-state index contributed by atoms with van der Waals surface area (Å²) in [4.78, 5) is 12.9. The molecule has 3 aromatic carbocycles. The molecule has 1 amide bonds. The molecule has 0 saturated carbocycles. The van der Waals surface area contributed by atoms with Crippen molar-refractivity contribution in [2.75, 3.05) is 23.3 Å². The molecule has 37 heavy (non-hydrogen) atoms. The summed E-state index contributed by atoms with van der Waals surface area (Å²) in [5.74, 6) is -0.561. The van der Waals surface area contributed by atoms with Crippen LogP contribution in [0.25, 0.3) is 0 Å². The van der Waals surface area contributed by atoms with E-state index in [4.69, 9.17) is 27.9 Å². The Balaban J connectivity index is 1.98. The van der Waals surface area contributed by atoms with E-state index in [9.17, 15) is 21.6 Å². The minimum Gasteiger partial charge on any atom is -0.495 e. The van der Waals surface area contributed by atoms with Crippen molar-refractivity contribution >= 4 is 60.5 Å². The Labute approximate surface area is 226 Å². The van der Waals surface area contributed by atoms with Crippen molar-refractivity contribution in [3.63, 3.8) is 0 Å². The number of sulfonamides is 2. The minimum absolute atomic E-state index is 0.0501. The highest BCUT2D eigenvalue weighted by molar-refractivity contribution is 7.92. The van der Waals surface area contributed by atoms with Crippen LogP contribution in [0.2, 0.25) is 10.0 Å². The Morgan fingerprint density at radius 2 is 1.57 bits per heavy atom. The monoisotopic (exact) mass is 585 g/mol. The van der Waals surface area contributed by atoms with Gasteiger partial charge >= 0.3 is 0 Å². The third kappa shape index (κ3) is 7.14. The van der Waals surface area contributed by atoms with Crippen molar-refractivity contribution < 1.29 is 26.4 Å². The number of halogens is 2. The molecule has 0 unspecified atom stereocenters. The number of anilines is 2. The second kappa shape index (κ2) is 11.7. The van der Waals surface area contributed by atoms with Crippen LogP contribution < -0.4 is 19.1 Å². The van der Waals surface area contributed by atoms with Gasteiger partial charge in [-0.15, -0.1) is 0 Å². The summed E-state index contributed by atoms with van der Waals surface area (Å²) >= 11 is 12.0. The lowest BCUT2D eigenvalue weighted by Gasteiger charge is -2.24. The molecule has 2 N–H and O–H groups in total. The zero-order valence-electron chi connectivity index (χ0n) is 20.1. The number of carbonyl (C=O) groups excluding carboxylic acids is 1. The van der Waals surface area contributed by atoms with Crippen molar-refractivity contribution in [2.24, 2.45) is 0 Å². The average Bonchev–Trinajstić information content (AvgIpc) is 2.82. The van der Waals surface area contributed by atoms with Gasteiger partial charge in [0.25, 0.3) is 10.0 Å². The maximum Gasteiger partial charge on any atom is 0.264 e. The van der Waals surface area contributed by atoms with E-state index in [-0.39, 0.29) is 38.0 Å². The molecule has 0 radical (unpaired) electrons. The molecule has 0 heterocycles. The van der Waals surface area contributed by atoms with E-state index in [2.05, 4.69) is 10.0 Å². The predicted molar refractivity (Wildman–Crippen MR) is 145 cm³/mol. The summed E-state index contributed by atoms with van der Waals surface area (Å²) < 4.78 is 60.8. The van der Waals surface area contributed by atoms with Crippen LogP contribution in [0.4, 0.5) is 11.4 Å². The molecule has 9 nitrogen and oxygen atoms in total. The van der Waals surface area contributed by atoms with Gasteiger partial charge in [-0.2, -0.15) is 0 Å². The summed E-state index contributed by atoms with van der Waals surface area (Å²) in [5.41, 5.74) is 0.205. The zero-order valence-corrected chi connectivity index (χ0v) is 23.2. The highest BCUT2D eigenvalue weighted by Gasteiger charge is 2.28. The Hall–Kier alpha value is -2.83. The first kappa shape index (κ1) is 28.7. The van der Waals surface area contributed by atoms with E-state index < -0.39 is 32.5 Å². The van der Waals surface area contributed by atoms with Crippen molar-refractivity contribution in [3.8, 4) is 5.75 Å². The van der Waals surface area contributed by atoms with Crippen LogP contribution in [-0.2, 0) is 24.8 Å². The first-order valence-corrected chi connectivity index (χ1v) is 14.6. The molecule has 0 bridgehead atoms. The van der Waals surface area contributed by atoms with Crippen LogP contribution in [0.5, 0.6) is 5.75 Å². The van der Waals surface area contributed by atoms with Gasteiger partial charge < -0.3 is 10.1 Å². The fourth-order valence-electron chi connectivity index (χ4n) is 3.33. The fraction of sp³-hybridized carbons (Fsp3) is 0.208. The van der Waals surface area contributed by atoms with E-state index in [1.165, 1.54) is 61.7 Å². The smallest absolute Gasteiger partial charge is 0.264 e. The summed E-state index contributed by atoms with van der Waals surface area (Å²) in [6.45, 7) is 2.71. The van der Waals surface area contributed by atoms with Crippen molar-refractivity contribution in [3.05, 3.63) is 76.8 Å². The number of methoxy groups -OCH3 is 1. The molecule has 3 rings (SSSR count). The van der Waals surface area contributed by atoms with Crippen LogP contribution in [-0.4, -0.2) is 42.4 Å². The summed E-state index contributed by atoms with van der Waals surface area (Å²) in [6.07, 6.45) is 0. The van der Waals surface area contributed by atoms with Crippen LogP contribution in [0.15, 0.2) is 76.5 Å². The van der Waals surface area contributed by atoms with E-state index in [1.54, 1.807) is 26.0 Å². The largest absolute Gasteiger partial charge is 0.495 e. The van der Waals surface area contributed by atoms with Gasteiger partial charge in [0.15, 0.2) is 0 Å². The third-order valence-corrected chi connectivity index (χ3v) is 8.86.